The van der Waals surface area contributed by atoms with Gasteiger partial charge in [0.1, 0.15) is 5.82 Å². The molecule has 3 N–H and O–H groups in total. The van der Waals surface area contributed by atoms with Crippen LogP contribution in [0.2, 0.25) is 0 Å². The van der Waals surface area contributed by atoms with Gasteiger partial charge in [-0.2, -0.15) is 0 Å². The number of hydrogen-bond acceptors (Lipinski definition) is 4. The SMILES string of the molecule is Cc1ccccc1-c1nccc(NN)n1. The maximum atomic E-state index is 5.29. The van der Waals surface area contributed by atoms with Crippen LogP contribution in [0.3, 0.4) is 0 Å². The van der Waals surface area contributed by atoms with Gasteiger partial charge in [0.15, 0.2) is 5.82 Å². The molecular weight excluding hydrogens is 188 g/mol. The Kier molecular flexibility index (Phi) is 2.60. The van der Waals surface area contributed by atoms with Crippen LogP contribution >= 0.6 is 0 Å². The molecule has 0 unspecified atom stereocenters. The summed E-state index contributed by atoms with van der Waals surface area (Å²) in [5.41, 5.74) is 4.67. The van der Waals surface area contributed by atoms with E-state index in [2.05, 4.69) is 15.4 Å². The largest absolute Gasteiger partial charge is 0.308 e. The molecule has 0 spiro atoms. The lowest BCUT2D eigenvalue weighted by Crippen LogP contribution is -2.09. The molecule has 0 radical (unpaired) electrons. The summed E-state index contributed by atoms with van der Waals surface area (Å²) in [5, 5.41) is 0. The highest BCUT2D eigenvalue weighted by Crippen LogP contribution is 2.19. The van der Waals surface area contributed by atoms with Gasteiger partial charge in [0, 0.05) is 17.8 Å². The second kappa shape index (κ2) is 4.06. The fraction of sp³-hybridized carbons (Fsp3) is 0.0909. The second-order valence-electron chi connectivity index (χ2n) is 3.22. The summed E-state index contributed by atoms with van der Waals surface area (Å²) >= 11 is 0. The number of hydrazine groups is 1. The van der Waals surface area contributed by atoms with Crippen LogP contribution in [0.4, 0.5) is 5.82 Å². The lowest BCUT2D eigenvalue weighted by molar-refractivity contribution is 1.14. The first kappa shape index (κ1) is 9.61. The number of aryl methyl sites for hydroxylation is 1. The highest BCUT2D eigenvalue weighted by atomic mass is 15.3. The minimum Gasteiger partial charge on any atom is -0.308 e. The standard InChI is InChI=1S/C11H12N4/c1-8-4-2-3-5-9(8)11-13-7-6-10(14-11)15-12/h2-7H,12H2,1H3,(H,13,14,15). The molecule has 0 saturated heterocycles. The Balaban J connectivity index is 2.49. The lowest BCUT2D eigenvalue weighted by atomic mass is 10.1. The normalized spacial score (nSPS) is 10.0. The highest BCUT2D eigenvalue weighted by Gasteiger charge is 2.04. The van der Waals surface area contributed by atoms with Crippen molar-refractivity contribution >= 4 is 5.82 Å². The number of hydrogen-bond donors (Lipinski definition) is 2. The van der Waals surface area contributed by atoms with Crippen LogP contribution in [0, 0.1) is 6.92 Å². The molecule has 0 saturated carbocycles. The maximum Gasteiger partial charge on any atom is 0.161 e. The zero-order valence-corrected chi connectivity index (χ0v) is 8.44. The Hall–Kier alpha value is -1.94. The van der Waals surface area contributed by atoms with Gasteiger partial charge in [-0.1, -0.05) is 24.3 Å². The van der Waals surface area contributed by atoms with Crippen molar-refractivity contribution in [3.63, 3.8) is 0 Å². The molecule has 4 heteroatoms. The van der Waals surface area contributed by atoms with E-state index >= 15 is 0 Å². The van der Waals surface area contributed by atoms with E-state index in [0.29, 0.717) is 11.6 Å². The van der Waals surface area contributed by atoms with Crippen LogP contribution in [0.1, 0.15) is 5.56 Å². The molecule has 0 aliphatic heterocycles. The smallest absolute Gasteiger partial charge is 0.161 e. The number of anilines is 1. The summed E-state index contributed by atoms with van der Waals surface area (Å²) in [6, 6.07) is 9.70. The Labute approximate surface area is 88.2 Å². The van der Waals surface area contributed by atoms with E-state index in [1.165, 1.54) is 0 Å². The second-order valence-corrected chi connectivity index (χ2v) is 3.22. The molecular formula is C11H12N4. The van der Waals surface area contributed by atoms with Gasteiger partial charge < -0.3 is 5.43 Å². The van der Waals surface area contributed by atoms with Gasteiger partial charge in [0.2, 0.25) is 0 Å². The first-order chi connectivity index (χ1) is 7.31. The summed E-state index contributed by atoms with van der Waals surface area (Å²) in [6.45, 7) is 2.03. The number of aromatic nitrogens is 2. The van der Waals surface area contributed by atoms with Gasteiger partial charge in [0.05, 0.1) is 0 Å². The van der Waals surface area contributed by atoms with Gasteiger partial charge in [-0.25, -0.2) is 15.8 Å². The third-order valence-corrected chi connectivity index (χ3v) is 2.19. The summed E-state index contributed by atoms with van der Waals surface area (Å²) in [6.07, 6.45) is 1.68. The van der Waals surface area contributed by atoms with E-state index in [9.17, 15) is 0 Å². The molecule has 0 aliphatic carbocycles. The Bertz CT molecular complexity index is 468. The lowest BCUT2D eigenvalue weighted by Gasteiger charge is -2.05. The average Bonchev–Trinajstić information content (AvgIpc) is 2.30. The van der Waals surface area contributed by atoms with Crippen molar-refractivity contribution in [2.75, 3.05) is 5.43 Å². The Morgan fingerprint density at radius 3 is 2.73 bits per heavy atom. The van der Waals surface area contributed by atoms with Crippen molar-refractivity contribution < 1.29 is 0 Å². The Morgan fingerprint density at radius 1 is 1.20 bits per heavy atom. The third-order valence-electron chi connectivity index (χ3n) is 2.19. The van der Waals surface area contributed by atoms with E-state index in [0.717, 1.165) is 11.1 Å². The summed E-state index contributed by atoms with van der Waals surface area (Å²) in [4.78, 5) is 8.49. The molecule has 0 amide bonds. The van der Waals surface area contributed by atoms with E-state index in [1.54, 1.807) is 12.3 Å². The van der Waals surface area contributed by atoms with Gasteiger partial charge in [-0.3, -0.25) is 0 Å². The highest BCUT2D eigenvalue weighted by molar-refractivity contribution is 5.60. The number of nitrogen functional groups attached to an aromatic ring is 1. The molecule has 1 aromatic heterocycles. The van der Waals surface area contributed by atoms with Crippen molar-refractivity contribution in [3.8, 4) is 11.4 Å². The predicted octanol–water partition coefficient (Wildman–Crippen LogP) is 1.74. The molecule has 0 fully saturated rings. The molecule has 76 valence electrons. The van der Waals surface area contributed by atoms with E-state index in [-0.39, 0.29) is 0 Å². The van der Waals surface area contributed by atoms with Gasteiger partial charge in [0.25, 0.3) is 0 Å². The first-order valence-corrected chi connectivity index (χ1v) is 4.67. The minimum atomic E-state index is 0.614. The number of nitrogens with one attached hydrogen (secondary N) is 1. The molecule has 0 bridgehead atoms. The van der Waals surface area contributed by atoms with E-state index in [1.807, 2.05) is 31.2 Å². The monoisotopic (exact) mass is 200 g/mol. The molecule has 2 rings (SSSR count). The fourth-order valence-corrected chi connectivity index (χ4v) is 1.39. The van der Waals surface area contributed by atoms with Gasteiger partial charge >= 0.3 is 0 Å². The van der Waals surface area contributed by atoms with Gasteiger partial charge in [-0.05, 0) is 12.5 Å². The van der Waals surface area contributed by atoms with Crippen molar-refractivity contribution in [3.05, 3.63) is 42.1 Å². The van der Waals surface area contributed by atoms with Crippen LogP contribution in [0.25, 0.3) is 11.4 Å². The number of benzene rings is 1. The first-order valence-electron chi connectivity index (χ1n) is 4.67. The minimum absolute atomic E-state index is 0.614. The Morgan fingerprint density at radius 2 is 2.00 bits per heavy atom. The predicted molar refractivity (Wildman–Crippen MR) is 60.0 cm³/mol. The number of nitrogens with zero attached hydrogens (tertiary/aromatic N) is 2. The summed E-state index contributed by atoms with van der Waals surface area (Å²) in [5.74, 6) is 6.59. The van der Waals surface area contributed by atoms with Crippen molar-refractivity contribution in [2.24, 2.45) is 5.84 Å². The van der Waals surface area contributed by atoms with Crippen LogP contribution in [0.15, 0.2) is 36.5 Å². The van der Waals surface area contributed by atoms with Crippen molar-refractivity contribution in [1.82, 2.24) is 9.97 Å². The topological polar surface area (TPSA) is 63.8 Å². The van der Waals surface area contributed by atoms with Crippen LogP contribution < -0.4 is 11.3 Å². The molecule has 1 heterocycles. The van der Waals surface area contributed by atoms with Crippen molar-refractivity contribution in [2.45, 2.75) is 6.92 Å². The molecule has 1 aromatic carbocycles. The molecule has 0 atom stereocenters. The molecule has 2 aromatic rings. The summed E-state index contributed by atoms with van der Waals surface area (Å²) in [7, 11) is 0. The zero-order valence-electron chi connectivity index (χ0n) is 8.44. The molecule has 4 nitrogen and oxygen atoms in total. The quantitative estimate of drug-likeness (QED) is 0.572. The van der Waals surface area contributed by atoms with Crippen LogP contribution in [0.5, 0.6) is 0 Å². The molecule has 15 heavy (non-hydrogen) atoms. The van der Waals surface area contributed by atoms with Crippen molar-refractivity contribution in [1.29, 1.82) is 0 Å². The van der Waals surface area contributed by atoms with E-state index in [4.69, 9.17) is 5.84 Å². The maximum absolute atomic E-state index is 5.29. The third kappa shape index (κ3) is 1.94. The van der Waals surface area contributed by atoms with Crippen LogP contribution in [-0.2, 0) is 0 Å². The molecule has 0 aliphatic rings. The van der Waals surface area contributed by atoms with Gasteiger partial charge in [-0.15, -0.1) is 0 Å². The zero-order chi connectivity index (χ0) is 10.7. The number of rotatable bonds is 2. The summed E-state index contributed by atoms with van der Waals surface area (Å²) < 4.78 is 0. The average molecular weight is 200 g/mol. The fourth-order valence-electron chi connectivity index (χ4n) is 1.39. The number of nitrogens with two attached hydrogens (primary N) is 1. The van der Waals surface area contributed by atoms with E-state index < -0.39 is 0 Å². The van der Waals surface area contributed by atoms with Crippen LogP contribution in [-0.4, -0.2) is 9.97 Å².